The molecule has 1 rings (SSSR count). The van der Waals surface area contributed by atoms with Crippen molar-refractivity contribution in [1.82, 2.24) is 5.43 Å². The first-order chi connectivity index (χ1) is 8.08. The molecule has 0 spiro atoms. The van der Waals surface area contributed by atoms with Gasteiger partial charge in [0.15, 0.2) is 11.5 Å². The molecule has 0 bridgehead atoms. The Bertz CT molecular complexity index is 454. The fraction of sp³-hybridized carbons (Fsp3) is 0.200. The molecule has 4 N–H and O–H groups in total. The monoisotopic (exact) mass is 336 g/mol. The van der Waals surface area contributed by atoms with Crippen LogP contribution in [-0.4, -0.2) is 26.4 Å². The number of hydrazone groups is 1. The van der Waals surface area contributed by atoms with Crippen LogP contribution in [0.5, 0.6) is 11.5 Å². The van der Waals surface area contributed by atoms with Crippen LogP contribution in [0.15, 0.2) is 21.7 Å². The smallest absolute Gasteiger partial charge is 0.206 e. The fourth-order valence-corrected chi connectivity index (χ4v) is 1.81. The lowest BCUT2D eigenvalue weighted by atomic mass is 10.2. The Hall–Kier alpha value is -1.47. The van der Waals surface area contributed by atoms with Crippen LogP contribution in [0.2, 0.25) is 0 Å². The van der Waals surface area contributed by atoms with Crippen molar-refractivity contribution >= 4 is 40.5 Å². The predicted octanol–water partition coefficient (Wildman–Crippen LogP) is 1.71. The first-order valence-electron chi connectivity index (χ1n) is 4.63. The summed E-state index contributed by atoms with van der Waals surface area (Å²) < 4.78 is 11.1. The fourth-order valence-electron chi connectivity index (χ4n) is 1.19. The van der Waals surface area contributed by atoms with Crippen LogP contribution in [0.25, 0.3) is 0 Å². The van der Waals surface area contributed by atoms with Gasteiger partial charge in [-0.1, -0.05) is 0 Å². The van der Waals surface area contributed by atoms with Gasteiger partial charge in [-0.2, -0.15) is 5.10 Å². The summed E-state index contributed by atoms with van der Waals surface area (Å²) in [5.41, 5.74) is 8.20. The standard InChI is InChI=1S/C10H13BrN4O2.ClH/c1-16-8-4-6(5-14-15-10(12)13)3-7(11)9(8)17-2;/h3-5H,1-2H3,(H4,12,13,15);1H. The maximum atomic E-state index is 6.94. The summed E-state index contributed by atoms with van der Waals surface area (Å²) in [7, 11) is 3.12. The zero-order valence-electron chi connectivity index (χ0n) is 9.86. The number of nitrogens with one attached hydrogen (secondary N) is 2. The van der Waals surface area contributed by atoms with Crippen molar-refractivity contribution in [2.24, 2.45) is 10.8 Å². The lowest BCUT2D eigenvalue weighted by molar-refractivity contribution is 0.353. The summed E-state index contributed by atoms with van der Waals surface area (Å²) in [5.74, 6) is 0.983. The largest absolute Gasteiger partial charge is 0.493 e. The van der Waals surface area contributed by atoms with E-state index in [9.17, 15) is 0 Å². The topological polar surface area (TPSA) is 92.7 Å². The lowest BCUT2D eigenvalue weighted by Crippen LogP contribution is -2.25. The zero-order valence-corrected chi connectivity index (χ0v) is 12.3. The van der Waals surface area contributed by atoms with E-state index in [2.05, 4.69) is 26.5 Å². The molecule has 0 aliphatic heterocycles. The molecule has 1 aromatic rings. The summed E-state index contributed by atoms with van der Waals surface area (Å²) in [4.78, 5) is 0. The van der Waals surface area contributed by atoms with Gasteiger partial charge in [-0.15, -0.1) is 12.4 Å². The SMILES string of the molecule is COc1cc(C=NNC(=N)N)cc(Br)c1OC.Cl. The lowest BCUT2D eigenvalue weighted by Gasteiger charge is -2.10. The second-order valence-electron chi connectivity index (χ2n) is 3.02. The third kappa shape index (κ3) is 4.42. The number of benzene rings is 1. The molecular formula is C10H14BrClN4O2. The van der Waals surface area contributed by atoms with E-state index in [-0.39, 0.29) is 18.4 Å². The van der Waals surface area contributed by atoms with Crippen LogP contribution in [0.3, 0.4) is 0 Å². The van der Waals surface area contributed by atoms with Crippen LogP contribution in [0.1, 0.15) is 5.56 Å². The Morgan fingerprint density at radius 1 is 1.44 bits per heavy atom. The highest BCUT2D eigenvalue weighted by Crippen LogP contribution is 2.35. The number of methoxy groups -OCH3 is 2. The van der Waals surface area contributed by atoms with Crippen molar-refractivity contribution in [3.05, 3.63) is 22.2 Å². The Morgan fingerprint density at radius 3 is 2.61 bits per heavy atom. The van der Waals surface area contributed by atoms with Gasteiger partial charge in [-0.3, -0.25) is 5.41 Å². The zero-order chi connectivity index (χ0) is 12.8. The Morgan fingerprint density at radius 2 is 2.11 bits per heavy atom. The molecule has 0 radical (unpaired) electrons. The maximum Gasteiger partial charge on any atom is 0.206 e. The molecular weight excluding hydrogens is 323 g/mol. The van der Waals surface area contributed by atoms with E-state index in [0.717, 1.165) is 10.0 Å². The molecule has 0 aromatic heterocycles. The summed E-state index contributed by atoms with van der Waals surface area (Å²) >= 11 is 3.37. The molecule has 0 heterocycles. The molecule has 0 saturated carbocycles. The van der Waals surface area contributed by atoms with Crippen molar-refractivity contribution in [2.75, 3.05) is 14.2 Å². The van der Waals surface area contributed by atoms with Crippen LogP contribution < -0.4 is 20.6 Å². The van der Waals surface area contributed by atoms with Gasteiger partial charge in [-0.25, -0.2) is 5.43 Å². The quantitative estimate of drug-likeness (QED) is 0.443. The molecule has 0 atom stereocenters. The molecule has 1 aromatic carbocycles. The van der Waals surface area contributed by atoms with E-state index < -0.39 is 0 Å². The van der Waals surface area contributed by atoms with Crippen LogP contribution >= 0.6 is 28.3 Å². The van der Waals surface area contributed by atoms with Gasteiger partial charge in [0.2, 0.25) is 5.96 Å². The molecule has 0 amide bonds. The van der Waals surface area contributed by atoms with Crippen molar-refractivity contribution in [1.29, 1.82) is 5.41 Å². The van der Waals surface area contributed by atoms with Gasteiger partial charge in [0, 0.05) is 0 Å². The molecule has 8 heteroatoms. The second kappa shape index (κ2) is 7.78. The average Bonchev–Trinajstić information content (AvgIpc) is 2.27. The number of hydrogen-bond acceptors (Lipinski definition) is 4. The third-order valence-corrected chi connectivity index (χ3v) is 2.44. The Kier molecular flexibility index (Phi) is 7.14. The normalized spacial score (nSPS) is 9.72. The minimum Gasteiger partial charge on any atom is -0.493 e. The number of nitrogens with two attached hydrogens (primary N) is 1. The highest BCUT2D eigenvalue weighted by atomic mass is 79.9. The molecule has 100 valence electrons. The number of ether oxygens (including phenoxy) is 2. The van der Waals surface area contributed by atoms with Gasteiger partial charge < -0.3 is 15.2 Å². The second-order valence-corrected chi connectivity index (χ2v) is 3.88. The first kappa shape index (κ1) is 16.5. The van der Waals surface area contributed by atoms with E-state index in [1.54, 1.807) is 20.3 Å². The molecule has 0 unspecified atom stereocenters. The molecule has 0 saturated heterocycles. The number of nitrogens with zero attached hydrogens (tertiary/aromatic N) is 1. The predicted molar refractivity (Wildman–Crippen MR) is 77.1 cm³/mol. The summed E-state index contributed by atoms with van der Waals surface area (Å²) in [6, 6.07) is 3.57. The first-order valence-corrected chi connectivity index (χ1v) is 5.42. The van der Waals surface area contributed by atoms with E-state index in [4.69, 9.17) is 20.6 Å². The Labute approximate surface area is 120 Å². The third-order valence-electron chi connectivity index (χ3n) is 1.85. The van der Waals surface area contributed by atoms with E-state index >= 15 is 0 Å². The van der Waals surface area contributed by atoms with Crippen molar-refractivity contribution in [3.63, 3.8) is 0 Å². The van der Waals surface area contributed by atoms with Crippen LogP contribution in [0, 0.1) is 5.41 Å². The van der Waals surface area contributed by atoms with Gasteiger partial charge in [0.05, 0.1) is 24.9 Å². The van der Waals surface area contributed by atoms with Crippen LogP contribution in [-0.2, 0) is 0 Å². The minimum atomic E-state index is -0.221. The van der Waals surface area contributed by atoms with Gasteiger partial charge in [-0.05, 0) is 33.6 Å². The van der Waals surface area contributed by atoms with Gasteiger partial charge in [0.1, 0.15) is 0 Å². The number of hydrogen-bond donors (Lipinski definition) is 3. The molecule has 6 nitrogen and oxygen atoms in total. The van der Waals surface area contributed by atoms with Crippen molar-refractivity contribution in [2.45, 2.75) is 0 Å². The highest BCUT2D eigenvalue weighted by Gasteiger charge is 2.09. The number of rotatable bonds is 4. The molecule has 0 fully saturated rings. The summed E-state index contributed by atoms with van der Waals surface area (Å²) in [6.45, 7) is 0. The highest BCUT2D eigenvalue weighted by molar-refractivity contribution is 9.10. The van der Waals surface area contributed by atoms with E-state index in [1.165, 1.54) is 6.21 Å². The minimum absolute atomic E-state index is 0. The van der Waals surface area contributed by atoms with Gasteiger partial charge in [0.25, 0.3) is 0 Å². The van der Waals surface area contributed by atoms with E-state index in [0.29, 0.717) is 11.5 Å². The van der Waals surface area contributed by atoms with Crippen LogP contribution in [0.4, 0.5) is 0 Å². The maximum absolute atomic E-state index is 6.94. The molecule has 18 heavy (non-hydrogen) atoms. The Balaban J connectivity index is 0.00000289. The molecule has 0 aliphatic rings. The summed E-state index contributed by atoms with van der Waals surface area (Å²) in [6.07, 6.45) is 1.52. The molecule has 0 aliphatic carbocycles. The van der Waals surface area contributed by atoms with E-state index in [1.807, 2.05) is 6.07 Å². The van der Waals surface area contributed by atoms with Crippen molar-refractivity contribution in [3.8, 4) is 11.5 Å². The van der Waals surface area contributed by atoms with Gasteiger partial charge >= 0.3 is 0 Å². The number of halogens is 2. The summed E-state index contributed by atoms with van der Waals surface area (Å²) in [5, 5.41) is 10.7. The average molecular weight is 338 g/mol. The van der Waals surface area contributed by atoms with Crippen molar-refractivity contribution < 1.29 is 9.47 Å². The number of guanidine groups is 1.